The Morgan fingerprint density at radius 2 is 1.93 bits per heavy atom. The van der Waals surface area contributed by atoms with Gasteiger partial charge in [-0.2, -0.15) is 0 Å². The number of rotatable bonds is 1. The molecule has 1 aliphatic rings. The Balaban J connectivity index is 2.97. The van der Waals surface area contributed by atoms with E-state index in [1.165, 1.54) is 6.92 Å². The van der Waals surface area contributed by atoms with Gasteiger partial charge in [0.2, 0.25) is 0 Å². The number of halogens is 1. The van der Waals surface area contributed by atoms with E-state index in [4.69, 9.17) is 0 Å². The molecule has 0 saturated carbocycles. The minimum Gasteiger partial charge on any atom is -0.318 e. The highest BCUT2D eigenvalue weighted by molar-refractivity contribution is 5.35. The number of alkyl halides is 1. The molecule has 1 nitrogen and oxygen atoms in total. The SMILES string of the molecule is C=C1C=CC(C(C)(C)C)=CN1C(C)F. The first-order valence-electron chi connectivity index (χ1n) is 4.84. The molecular formula is C12H18FN. The quantitative estimate of drug-likeness (QED) is 0.578. The van der Waals surface area contributed by atoms with E-state index in [1.54, 1.807) is 4.90 Å². The third kappa shape index (κ3) is 2.25. The first-order chi connectivity index (χ1) is 6.32. The zero-order valence-corrected chi connectivity index (χ0v) is 9.34. The predicted octanol–water partition coefficient (Wildman–Crippen LogP) is 3.62. The van der Waals surface area contributed by atoms with Gasteiger partial charge in [0.25, 0.3) is 0 Å². The van der Waals surface area contributed by atoms with Crippen molar-refractivity contribution in [2.75, 3.05) is 0 Å². The number of hydrogen-bond donors (Lipinski definition) is 0. The van der Waals surface area contributed by atoms with Crippen molar-refractivity contribution in [3.05, 3.63) is 36.2 Å². The molecule has 78 valence electrons. The number of hydrogen-bond acceptors (Lipinski definition) is 1. The molecule has 0 aromatic carbocycles. The molecule has 0 N–H and O–H groups in total. The molecule has 1 heterocycles. The summed E-state index contributed by atoms with van der Waals surface area (Å²) >= 11 is 0. The molecule has 0 aliphatic carbocycles. The van der Waals surface area contributed by atoms with Crippen molar-refractivity contribution in [3.8, 4) is 0 Å². The van der Waals surface area contributed by atoms with Crippen LogP contribution in [0.15, 0.2) is 36.2 Å². The summed E-state index contributed by atoms with van der Waals surface area (Å²) in [6.45, 7) is 11.6. The van der Waals surface area contributed by atoms with Gasteiger partial charge in [0, 0.05) is 11.9 Å². The maximum Gasteiger partial charge on any atom is 0.173 e. The van der Waals surface area contributed by atoms with Gasteiger partial charge in [-0.3, -0.25) is 0 Å². The summed E-state index contributed by atoms with van der Waals surface area (Å²) in [5.41, 5.74) is 1.87. The molecule has 0 aromatic rings. The van der Waals surface area contributed by atoms with Gasteiger partial charge in [0.1, 0.15) is 0 Å². The summed E-state index contributed by atoms with van der Waals surface area (Å²) in [6, 6.07) is 0. The molecule has 0 spiro atoms. The lowest BCUT2D eigenvalue weighted by atomic mass is 9.85. The summed E-state index contributed by atoms with van der Waals surface area (Å²) in [5, 5.41) is 0. The van der Waals surface area contributed by atoms with Crippen molar-refractivity contribution in [1.82, 2.24) is 4.90 Å². The number of allylic oxidation sites excluding steroid dienone is 3. The Morgan fingerprint density at radius 1 is 1.36 bits per heavy atom. The van der Waals surface area contributed by atoms with E-state index in [9.17, 15) is 4.39 Å². The molecule has 1 atom stereocenters. The largest absolute Gasteiger partial charge is 0.318 e. The van der Waals surface area contributed by atoms with Crippen LogP contribution in [0.5, 0.6) is 0 Å². The van der Waals surface area contributed by atoms with Crippen molar-refractivity contribution >= 4 is 0 Å². The molecule has 1 unspecified atom stereocenters. The Bertz CT molecular complexity index is 292. The van der Waals surface area contributed by atoms with Crippen LogP contribution >= 0.6 is 0 Å². The maximum absolute atomic E-state index is 13.2. The normalized spacial score (nSPS) is 19.6. The van der Waals surface area contributed by atoms with E-state index < -0.39 is 6.30 Å². The topological polar surface area (TPSA) is 3.24 Å². The van der Waals surface area contributed by atoms with Gasteiger partial charge in [0.15, 0.2) is 6.30 Å². The van der Waals surface area contributed by atoms with Crippen LogP contribution in [-0.4, -0.2) is 11.2 Å². The van der Waals surface area contributed by atoms with Gasteiger partial charge in [0.05, 0.1) is 0 Å². The summed E-state index contributed by atoms with van der Waals surface area (Å²) in [6.07, 6.45) is 4.68. The minimum absolute atomic E-state index is 0.0460. The van der Waals surface area contributed by atoms with Gasteiger partial charge >= 0.3 is 0 Å². The van der Waals surface area contributed by atoms with Crippen LogP contribution < -0.4 is 0 Å². The molecule has 14 heavy (non-hydrogen) atoms. The van der Waals surface area contributed by atoms with Gasteiger partial charge < -0.3 is 4.90 Å². The lowest BCUT2D eigenvalue weighted by Crippen LogP contribution is -2.26. The molecule has 0 amide bonds. The standard InChI is InChI=1S/C12H18FN/c1-9-6-7-11(12(3,4)5)8-14(9)10(2)13/h6-8,10H,1H2,2-5H3. The fraction of sp³-hybridized carbons (Fsp3) is 0.500. The third-order valence-corrected chi connectivity index (χ3v) is 2.31. The fourth-order valence-corrected chi connectivity index (χ4v) is 1.32. The molecule has 2 heteroatoms. The van der Waals surface area contributed by atoms with Crippen molar-refractivity contribution in [2.24, 2.45) is 5.41 Å². The van der Waals surface area contributed by atoms with Gasteiger partial charge in [-0.25, -0.2) is 4.39 Å². The lowest BCUT2D eigenvalue weighted by molar-refractivity contribution is 0.187. The Morgan fingerprint density at radius 3 is 2.36 bits per heavy atom. The molecule has 0 aromatic heterocycles. The molecule has 0 bridgehead atoms. The summed E-state index contributed by atoms with van der Waals surface area (Å²) in [7, 11) is 0. The van der Waals surface area contributed by atoms with Crippen LogP contribution in [0.4, 0.5) is 4.39 Å². The molecule has 0 saturated heterocycles. The van der Waals surface area contributed by atoms with E-state index >= 15 is 0 Å². The molecular weight excluding hydrogens is 177 g/mol. The van der Waals surface area contributed by atoms with Crippen molar-refractivity contribution in [1.29, 1.82) is 0 Å². The second kappa shape index (κ2) is 3.60. The van der Waals surface area contributed by atoms with Gasteiger partial charge in [-0.05, 0) is 24.0 Å². The van der Waals surface area contributed by atoms with Gasteiger partial charge in [-0.15, -0.1) is 0 Å². The summed E-state index contributed by atoms with van der Waals surface area (Å²) in [5.74, 6) is 0. The monoisotopic (exact) mass is 195 g/mol. The van der Waals surface area contributed by atoms with E-state index in [1.807, 2.05) is 18.4 Å². The van der Waals surface area contributed by atoms with Crippen molar-refractivity contribution in [2.45, 2.75) is 34.0 Å². The highest BCUT2D eigenvalue weighted by Crippen LogP contribution is 2.31. The maximum atomic E-state index is 13.2. The summed E-state index contributed by atoms with van der Waals surface area (Å²) in [4.78, 5) is 1.56. The van der Waals surface area contributed by atoms with Crippen LogP contribution in [0.2, 0.25) is 0 Å². The zero-order valence-electron chi connectivity index (χ0n) is 9.34. The average Bonchev–Trinajstić information content (AvgIpc) is 2.02. The highest BCUT2D eigenvalue weighted by atomic mass is 19.1. The van der Waals surface area contributed by atoms with Crippen molar-refractivity contribution in [3.63, 3.8) is 0 Å². The Labute approximate surface area is 85.6 Å². The second-order valence-corrected chi connectivity index (χ2v) is 4.64. The number of nitrogens with zero attached hydrogens (tertiary/aromatic N) is 1. The van der Waals surface area contributed by atoms with Crippen LogP contribution in [0, 0.1) is 5.41 Å². The fourth-order valence-electron chi connectivity index (χ4n) is 1.32. The first-order valence-corrected chi connectivity index (χ1v) is 4.84. The van der Waals surface area contributed by atoms with Crippen molar-refractivity contribution < 1.29 is 4.39 Å². The molecule has 1 rings (SSSR count). The van der Waals surface area contributed by atoms with Crippen LogP contribution in [0.1, 0.15) is 27.7 Å². The van der Waals surface area contributed by atoms with E-state index in [-0.39, 0.29) is 5.41 Å². The third-order valence-electron chi connectivity index (χ3n) is 2.31. The van der Waals surface area contributed by atoms with E-state index in [2.05, 4.69) is 27.4 Å². The second-order valence-electron chi connectivity index (χ2n) is 4.64. The Kier molecular flexibility index (Phi) is 2.84. The zero-order chi connectivity index (χ0) is 10.9. The average molecular weight is 195 g/mol. The molecule has 1 aliphatic heterocycles. The molecule has 0 radical (unpaired) electrons. The van der Waals surface area contributed by atoms with Crippen LogP contribution in [0.25, 0.3) is 0 Å². The highest BCUT2D eigenvalue weighted by Gasteiger charge is 2.21. The first kappa shape index (κ1) is 11.0. The summed E-state index contributed by atoms with van der Waals surface area (Å²) < 4.78 is 13.2. The van der Waals surface area contributed by atoms with Gasteiger partial charge in [-0.1, -0.05) is 33.4 Å². The van der Waals surface area contributed by atoms with E-state index in [0.29, 0.717) is 5.70 Å². The lowest BCUT2D eigenvalue weighted by Gasteiger charge is -2.31. The minimum atomic E-state index is -1.02. The van der Waals surface area contributed by atoms with Crippen LogP contribution in [0.3, 0.4) is 0 Å². The Hall–Kier alpha value is -1.05. The predicted molar refractivity (Wildman–Crippen MR) is 58.2 cm³/mol. The molecule has 0 fully saturated rings. The van der Waals surface area contributed by atoms with Crippen LogP contribution in [-0.2, 0) is 0 Å². The van der Waals surface area contributed by atoms with E-state index in [0.717, 1.165) is 5.57 Å². The smallest absolute Gasteiger partial charge is 0.173 e.